The summed E-state index contributed by atoms with van der Waals surface area (Å²) in [5, 5.41) is 7.46. The SMILES string of the molecule is C1CCC(c2onc3c2CNC3)CC1. The largest absolute Gasteiger partial charge is 0.360 e. The summed E-state index contributed by atoms with van der Waals surface area (Å²) in [5.74, 6) is 1.84. The van der Waals surface area contributed by atoms with Crippen LogP contribution >= 0.6 is 0 Å². The molecular weight excluding hydrogens is 176 g/mol. The molecule has 2 heterocycles. The molecule has 1 aliphatic heterocycles. The molecule has 0 aromatic carbocycles. The van der Waals surface area contributed by atoms with E-state index in [1.165, 1.54) is 43.4 Å². The van der Waals surface area contributed by atoms with Crippen molar-refractivity contribution in [2.75, 3.05) is 0 Å². The van der Waals surface area contributed by atoms with Gasteiger partial charge in [-0.3, -0.25) is 0 Å². The zero-order chi connectivity index (χ0) is 9.38. The molecule has 0 unspecified atom stereocenters. The van der Waals surface area contributed by atoms with Crippen LogP contribution in [0, 0.1) is 0 Å². The summed E-state index contributed by atoms with van der Waals surface area (Å²) in [5.41, 5.74) is 2.50. The van der Waals surface area contributed by atoms with E-state index in [4.69, 9.17) is 4.52 Å². The topological polar surface area (TPSA) is 38.1 Å². The lowest BCUT2D eigenvalue weighted by molar-refractivity contribution is 0.313. The van der Waals surface area contributed by atoms with E-state index >= 15 is 0 Å². The number of nitrogens with zero attached hydrogens (tertiary/aromatic N) is 1. The molecule has 1 aliphatic carbocycles. The minimum Gasteiger partial charge on any atom is -0.360 e. The predicted molar refractivity (Wildman–Crippen MR) is 52.9 cm³/mol. The van der Waals surface area contributed by atoms with Crippen molar-refractivity contribution in [1.82, 2.24) is 10.5 Å². The first kappa shape index (κ1) is 8.48. The maximum Gasteiger partial charge on any atom is 0.144 e. The number of nitrogens with one attached hydrogen (secondary N) is 1. The molecule has 0 amide bonds. The summed E-state index contributed by atoms with van der Waals surface area (Å²) in [4.78, 5) is 0. The summed E-state index contributed by atoms with van der Waals surface area (Å²) >= 11 is 0. The van der Waals surface area contributed by atoms with Crippen LogP contribution in [0.3, 0.4) is 0 Å². The predicted octanol–water partition coefficient (Wildman–Crippen LogP) is 2.33. The van der Waals surface area contributed by atoms with E-state index in [0.29, 0.717) is 5.92 Å². The van der Waals surface area contributed by atoms with E-state index in [1.807, 2.05) is 0 Å². The van der Waals surface area contributed by atoms with Crippen LogP contribution in [0.15, 0.2) is 4.52 Å². The van der Waals surface area contributed by atoms with Gasteiger partial charge in [-0.1, -0.05) is 24.4 Å². The van der Waals surface area contributed by atoms with Gasteiger partial charge in [0.15, 0.2) is 0 Å². The Hall–Kier alpha value is -0.830. The van der Waals surface area contributed by atoms with Gasteiger partial charge in [-0.25, -0.2) is 0 Å². The van der Waals surface area contributed by atoms with Gasteiger partial charge in [0, 0.05) is 24.6 Å². The number of aromatic nitrogens is 1. The second-order valence-corrected chi connectivity index (χ2v) is 4.41. The highest BCUT2D eigenvalue weighted by Gasteiger charge is 2.27. The standard InChI is InChI=1S/C11H16N2O/c1-2-4-8(5-3-1)11-9-6-12-7-10(9)13-14-11/h8,12H,1-7H2. The van der Waals surface area contributed by atoms with Crippen molar-refractivity contribution in [2.45, 2.75) is 51.1 Å². The van der Waals surface area contributed by atoms with Crippen molar-refractivity contribution < 1.29 is 4.52 Å². The van der Waals surface area contributed by atoms with E-state index in [9.17, 15) is 0 Å². The average Bonchev–Trinajstić information content (AvgIpc) is 2.79. The highest BCUT2D eigenvalue weighted by molar-refractivity contribution is 5.28. The molecule has 0 bridgehead atoms. The quantitative estimate of drug-likeness (QED) is 0.742. The molecule has 14 heavy (non-hydrogen) atoms. The van der Waals surface area contributed by atoms with Crippen LogP contribution < -0.4 is 5.32 Å². The molecule has 76 valence electrons. The Morgan fingerprint density at radius 1 is 1.14 bits per heavy atom. The van der Waals surface area contributed by atoms with Gasteiger partial charge in [-0.2, -0.15) is 0 Å². The lowest BCUT2D eigenvalue weighted by Gasteiger charge is -2.19. The van der Waals surface area contributed by atoms with Crippen LogP contribution in [0.5, 0.6) is 0 Å². The number of hydrogen-bond donors (Lipinski definition) is 1. The molecule has 2 aliphatic rings. The smallest absolute Gasteiger partial charge is 0.144 e. The summed E-state index contributed by atoms with van der Waals surface area (Å²) < 4.78 is 5.49. The first-order valence-corrected chi connectivity index (χ1v) is 5.63. The van der Waals surface area contributed by atoms with E-state index < -0.39 is 0 Å². The Labute approximate surface area is 83.9 Å². The van der Waals surface area contributed by atoms with Gasteiger partial charge in [-0.05, 0) is 12.8 Å². The fourth-order valence-corrected chi connectivity index (χ4v) is 2.68. The molecule has 1 aromatic heterocycles. The molecular formula is C11H16N2O. The van der Waals surface area contributed by atoms with Gasteiger partial charge < -0.3 is 9.84 Å². The van der Waals surface area contributed by atoms with Crippen molar-refractivity contribution in [1.29, 1.82) is 0 Å². The van der Waals surface area contributed by atoms with Crippen LogP contribution in [0.4, 0.5) is 0 Å². The summed E-state index contributed by atoms with van der Waals surface area (Å²) in [6, 6.07) is 0. The van der Waals surface area contributed by atoms with E-state index in [0.717, 1.165) is 18.8 Å². The van der Waals surface area contributed by atoms with Crippen LogP contribution in [-0.2, 0) is 13.1 Å². The maximum absolute atomic E-state index is 5.49. The third-order valence-corrected chi connectivity index (χ3v) is 3.47. The van der Waals surface area contributed by atoms with Gasteiger partial charge in [-0.15, -0.1) is 0 Å². The van der Waals surface area contributed by atoms with E-state index in [-0.39, 0.29) is 0 Å². The van der Waals surface area contributed by atoms with Crippen LogP contribution in [0.1, 0.15) is 55.0 Å². The molecule has 1 N–H and O–H groups in total. The number of rotatable bonds is 1. The van der Waals surface area contributed by atoms with Gasteiger partial charge in [0.1, 0.15) is 11.5 Å². The molecule has 3 rings (SSSR count). The number of hydrogen-bond acceptors (Lipinski definition) is 3. The second kappa shape index (κ2) is 3.39. The van der Waals surface area contributed by atoms with Gasteiger partial charge >= 0.3 is 0 Å². The summed E-state index contributed by atoms with van der Waals surface area (Å²) in [6.45, 7) is 1.86. The molecule has 0 spiro atoms. The van der Waals surface area contributed by atoms with Crippen LogP contribution in [-0.4, -0.2) is 5.16 Å². The Kier molecular flexibility index (Phi) is 2.05. The normalized spacial score (nSPS) is 22.6. The molecule has 3 nitrogen and oxygen atoms in total. The Bertz CT molecular complexity index is 326. The first-order chi connectivity index (χ1) is 6.95. The highest BCUT2D eigenvalue weighted by Crippen LogP contribution is 2.36. The maximum atomic E-state index is 5.49. The average molecular weight is 192 g/mol. The van der Waals surface area contributed by atoms with Crippen molar-refractivity contribution >= 4 is 0 Å². The fourth-order valence-electron chi connectivity index (χ4n) is 2.68. The van der Waals surface area contributed by atoms with Gasteiger partial charge in [0.05, 0.1) is 0 Å². The zero-order valence-corrected chi connectivity index (χ0v) is 8.38. The summed E-state index contributed by atoms with van der Waals surface area (Å²) in [6.07, 6.45) is 6.69. The first-order valence-electron chi connectivity index (χ1n) is 5.63. The van der Waals surface area contributed by atoms with Crippen molar-refractivity contribution in [3.63, 3.8) is 0 Å². The Balaban J connectivity index is 1.88. The third kappa shape index (κ3) is 1.27. The van der Waals surface area contributed by atoms with Crippen LogP contribution in [0.2, 0.25) is 0 Å². The van der Waals surface area contributed by atoms with Crippen LogP contribution in [0.25, 0.3) is 0 Å². The lowest BCUT2D eigenvalue weighted by atomic mass is 9.86. The fraction of sp³-hybridized carbons (Fsp3) is 0.727. The summed E-state index contributed by atoms with van der Waals surface area (Å²) in [7, 11) is 0. The molecule has 0 saturated heterocycles. The number of fused-ring (bicyclic) bond motifs is 1. The van der Waals surface area contributed by atoms with Crippen molar-refractivity contribution in [3.05, 3.63) is 17.0 Å². The van der Waals surface area contributed by atoms with Crippen molar-refractivity contribution in [2.24, 2.45) is 0 Å². The molecule has 0 radical (unpaired) electrons. The van der Waals surface area contributed by atoms with E-state index in [2.05, 4.69) is 10.5 Å². The van der Waals surface area contributed by atoms with E-state index in [1.54, 1.807) is 0 Å². The highest BCUT2D eigenvalue weighted by atomic mass is 16.5. The third-order valence-electron chi connectivity index (χ3n) is 3.47. The minimum atomic E-state index is 0.653. The monoisotopic (exact) mass is 192 g/mol. The van der Waals surface area contributed by atoms with Crippen molar-refractivity contribution in [3.8, 4) is 0 Å². The Morgan fingerprint density at radius 3 is 2.86 bits per heavy atom. The zero-order valence-electron chi connectivity index (χ0n) is 8.38. The molecule has 1 saturated carbocycles. The van der Waals surface area contributed by atoms with Gasteiger partial charge in [0.2, 0.25) is 0 Å². The van der Waals surface area contributed by atoms with Gasteiger partial charge in [0.25, 0.3) is 0 Å². The molecule has 1 fully saturated rings. The Morgan fingerprint density at radius 2 is 2.00 bits per heavy atom. The lowest BCUT2D eigenvalue weighted by Crippen LogP contribution is -2.07. The molecule has 0 atom stereocenters. The molecule has 1 aromatic rings. The minimum absolute atomic E-state index is 0.653. The second-order valence-electron chi connectivity index (χ2n) is 4.41. The molecule has 3 heteroatoms.